The van der Waals surface area contributed by atoms with Crippen molar-refractivity contribution in [2.24, 2.45) is 0 Å². The highest BCUT2D eigenvalue weighted by molar-refractivity contribution is 5.76. The van der Waals surface area contributed by atoms with Gasteiger partial charge in [0, 0.05) is 0 Å². The third kappa shape index (κ3) is 1.80. The fraction of sp³-hybridized carbons (Fsp3) is 0.222. The number of aromatic nitrogens is 1. The van der Waals surface area contributed by atoms with Gasteiger partial charge in [0.05, 0.1) is 12.3 Å². The van der Waals surface area contributed by atoms with Gasteiger partial charge in [0.25, 0.3) is 0 Å². The van der Waals surface area contributed by atoms with Crippen LogP contribution in [-0.4, -0.2) is 17.9 Å². The molecule has 1 aromatic heterocycles. The molecule has 0 spiro atoms. The Kier molecular flexibility index (Phi) is 3.02. The second-order valence-electron chi connectivity index (χ2n) is 2.48. The Hall–Kier alpha value is -2.09. The first kappa shape index (κ1) is 9.99. The van der Waals surface area contributed by atoms with E-state index >= 15 is 0 Å². The third-order valence-corrected chi connectivity index (χ3v) is 1.55. The molecule has 0 aliphatic rings. The summed E-state index contributed by atoms with van der Waals surface area (Å²) in [6.45, 7) is 2.12. The van der Waals surface area contributed by atoms with Crippen molar-refractivity contribution in [2.75, 3.05) is 12.3 Å². The van der Waals surface area contributed by atoms with Gasteiger partial charge in [-0.3, -0.25) is 4.79 Å². The molecule has 0 aromatic carbocycles. The van der Waals surface area contributed by atoms with Crippen LogP contribution >= 0.6 is 0 Å². The van der Waals surface area contributed by atoms with Crippen LogP contribution in [0, 0.1) is 11.3 Å². The maximum Gasteiger partial charge on any atom is 0.234 e. The molecule has 0 atom stereocenters. The number of nitrogens with zero attached hydrogens (tertiary/aromatic N) is 2. The van der Waals surface area contributed by atoms with Gasteiger partial charge in [-0.1, -0.05) is 0 Å². The highest BCUT2D eigenvalue weighted by Crippen LogP contribution is 2.21. The fourth-order valence-corrected chi connectivity index (χ4v) is 0.974. The summed E-state index contributed by atoms with van der Waals surface area (Å²) >= 11 is 0. The van der Waals surface area contributed by atoms with Crippen LogP contribution in [0.3, 0.4) is 0 Å². The number of nitrogens with two attached hydrogens (primary N) is 1. The molecule has 2 N–H and O–H groups in total. The van der Waals surface area contributed by atoms with Gasteiger partial charge in [0.2, 0.25) is 5.88 Å². The Bertz CT molecular complexity index is 396. The fourth-order valence-electron chi connectivity index (χ4n) is 0.974. The lowest BCUT2D eigenvalue weighted by atomic mass is 10.2. The average Bonchev–Trinajstić information content (AvgIpc) is 2.18. The predicted octanol–water partition coefficient (Wildman–Crippen LogP) is 0.747. The Morgan fingerprint density at radius 3 is 3.00 bits per heavy atom. The normalized spacial score (nSPS) is 9.14. The molecule has 5 nitrogen and oxygen atoms in total. The van der Waals surface area contributed by atoms with E-state index < -0.39 is 0 Å². The molecule has 0 bridgehead atoms. The molecule has 0 radical (unpaired) electrons. The van der Waals surface area contributed by atoms with Gasteiger partial charge < -0.3 is 10.5 Å². The lowest BCUT2D eigenvalue weighted by Gasteiger charge is -2.06. The average molecular weight is 191 g/mol. The molecular formula is C9H9N3O2. The van der Waals surface area contributed by atoms with Crippen molar-refractivity contribution in [3.8, 4) is 11.9 Å². The van der Waals surface area contributed by atoms with Crippen molar-refractivity contribution in [1.82, 2.24) is 4.98 Å². The van der Waals surface area contributed by atoms with E-state index in [0.29, 0.717) is 12.9 Å². The van der Waals surface area contributed by atoms with E-state index in [2.05, 4.69) is 4.98 Å². The number of ether oxygens (including phenoxy) is 1. The molecule has 0 fully saturated rings. The zero-order valence-corrected chi connectivity index (χ0v) is 7.65. The molecule has 0 aliphatic heterocycles. The van der Waals surface area contributed by atoms with Crippen LogP contribution in [0.5, 0.6) is 5.88 Å². The number of carbonyl (C=O) groups is 1. The minimum absolute atomic E-state index is 0.108. The topological polar surface area (TPSA) is 89.0 Å². The summed E-state index contributed by atoms with van der Waals surface area (Å²) in [5.41, 5.74) is 6.06. The molecule has 1 heterocycles. The largest absolute Gasteiger partial charge is 0.477 e. The molecule has 5 heteroatoms. The number of aldehydes is 1. The Balaban J connectivity index is 3.29. The van der Waals surface area contributed by atoms with E-state index in [9.17, 15) is 4.79 Å². The van der Waals surface area contributed by atoms with Crippen molar-refractivity contribution in [3.05, 3.63) is 17.3 Å². The minimum Gasteiger partial charge on any atom is -0.477 e. The van der Waals surface area contributed by atoms with E-state index in [1.54, 1.807) is 6.92 Å². The molecule has 72 valence electrons. The summed E-state index contributed by atoms with van der Waals surface area (Å²) in [4.78, 5) is 14.3. The number of hydrogen-bond donors (Lipinski definition) is 1. The van der Waals surface area contributed by atoms with E-state index in [-0.39, 0.29) is 22.8 Å². The van der Waals surface area contributed by atoms with E-state index in [4.69, 9.17) is 15.7 Å². The van der Waals surface area contributed by atoms with Gasteiger partial charge >= 0.3 is 0 Å². The summed E-state index contributed by atoms with van der Waals surface area (Å²) in [6.07, 6.45) is 0.556. The van der Waals surface area contributed by atoms with Gasteiger partial charge in [-0.25, -0.2) is 4.98 Å². The van der Waals surface area contributed by atoms with Crippen molar-refractivity contribution >= 4 is 12.0 Å². The summed E-state index contributed by atoms with van der Waals surface area (Å²) in [7, 11) is 0. The van der Waals surface area contributed by atoms with Crippen LogP contribution in [0.15, 0.2) is 6.07 Å². The molecular weight excluding hydrogens is 182 g/mol. The summed E-state index contributed by atoms with van der Waals surface area (Å²) in [5, 5.41) is 8.75. The predicted molar refractivity (Wildman–Crippen MR) is 49.9 cm³/mol. The smallest absolute Gasteiger partial charge is 0.234 e. The van der Waals surface area contributed by atoms with Crippen LogP contribution in [0.1, 0.15) is 23.0 Å². The van der Waals surface area contributed by atoms with Gasteiger partial charge in [0.1, 0.15) is 17.3 Å². The monoisotopic (exact) mass is 191 g/mol. The first-order valence-corrected chi connectivity index (χ1v) is 4.01. The SMILES string of the molecule is CCOc1nc(C=O)cc(N)c1C#N. The Morgan fingerprint density at radius 1 is 1.79 bits per heavy atom. The summed E-state index contributed by atoms with van der Waals surface area (Å²) in [5.74, 6) is 0.108. The standard InChI is InChI=1S/C9H9N3O2/c1-2-14-9-7(4-10)8(11)3-6(5-13)12-9/h3,5H,2H2,1H3,(H2,11,12). The van der Waals surface area contributed by atoms with E-state index in [1.807, 2.05) is 6.07 Å². The number of rotatable bonds is 3. The minimum atomic E-state index is 0.108. The zero-order chi connectivity index (χ0) is 10.6. The number of carbonyl (C=O) groups excluding carboxylic acids is 1. The van der Waals surface area contributed by atoms with E-state index in [0.717, 1.165) is 0 Å². The van der Waals surface area contributed by atoms with Crippen molar-refractivity contribution in [3.63, 3.8) is 0 Å². The van der Waals surface area contributed by atoms with Gasteiger partial charge in [-0.05, 0) is 13.0 Å². The number of hydrogen-bond acceptors (Lipinski definition) is 5. The number of anilines is 1. The van der Waals surface area contributed by atoms with Crippen molar-refractivity contribution in [1.29, 1.82) is 5.26 Å². The van der Waals surface area contributed by atoms with Crippen LogP contribution in [0.2, 0.25) is 0 Å². The van der Waals surface area contributed by atoms with Crippen LogP contribution < -0.4 is 10.5 Å². The Labute approximate surface area is 81.1 Å². The molecule has 0 saturated carbocycles. The number of nitriles is 1. The lowest BCUT2D eigenvalue weighted by Crippen LogP contribution is -2.03. The highest BCUT2D eigenvalue weighted by atomic mass is 16.5. The molecule has 14 heavy (non-hydrogen) atoms. The summed E-state index contributed by atoms with van der Waals surface area (Å²) in [6, 6.07) is 3.21. The van der Waals surface area contributed by atoms with Crippen LogP contribution in [-0.2, 0) is 0 Å². The van der Waals surface area contributed by atoms with Crippen LogP contribution in [0.4, 0.5) is 5.69 Å². The lowest BCUT2D eigenvalue weighted by molar-refractivity contribution is 0.111. The second-order valence-corrected chi connectivity index (χ2v) is 2.48. The van der Waals surface area contributed by atoms with E-state index in [1.165, 1.54) is 6.07 Å². The second kappa shape index (κ2) is 4.23. The first-order chi connectivity index (χ1) is 6.72. The maximum absolute atomic E-state index is 10.5. The first-order valence-electron chi connectivity index (χ1n) is 4.01. The highest BCUT2D eigenvalue weighted by Gasteiger charge is 2.10. The number of pyridine rings is 1. The molecule has 0 amide bonds. The van der Waals surface area contributed by atoms with Gasteiger partial charge in [-0.15, -0.1) is 0 Å². The molecule has 1 rings (SSSR count). The Morgan fingerprint density at radius 2 is 2.50 bits per heavy atom. The molecule has 0 unspecified atom stereocenters. The molecule has 1 aromatic rings. The zero-order valence-electron chi connectivity index (χ0n) is 7.65. The quantitative estimate of drug-likeness (QED) is 0.712. The summed E-state index contributed by atoms with van der Waals surface area (Å²) < 4.78 is 5.08. The van der Waals surface area contributed by atoms with Crippen molar-refractivity contribution < 1.29 is 9.53 Å². The maximum atomic E-state index is 10.5. The van der Waals surface area contributed by atoms with Gasteiger partial charge in [0.15, 0.2) is 6.29 Å². The molecule has 0 aliphatic carbocycles. The van der Waals surface area contributed by atoms with Crippen LogP contribution in [0.25, 0.3) is 0 Å². The van der Waals surface area contributed by atoms with Crippen molar-refractivity contribution in [2.45, 2.75) is 6.92 Å². The molecule has 0 saturated heterocycles. The number of nitrogen functional groups attached to an aromatic ring is 1. The van der Waals surface area contributed by atoms with Gasteiger partial charge in [-0.2, -0.15) is 5.26 Å². The third-order valence-electron chi connectivity index (χ3n) is 1.55.